The van der Waals surface area contributed by atoms with Crippen molar-refractivity contribution in [3.05, 3.63) is 0 Å². The minimum Gasteiger partial charge on any atom is -1.00 e. The van der Waals surface area contributed by atoms with Crippen LogP contribution in [0.25, 0.3) is 0 Å². The molecule has 3 nitrogen and oxygen atoms in total. The zero-order chi connectivity index (χ0) is 10.3. The highest BCUT2D eigenvalue weighted by Crippen LogP contribution is 2.35. The van der Waals surface area contributed by atoms with Gasteiger partial charge in [0, 0.05) is 0 Å². The summed E-state index contributed by atoms with van der Waals surface area (Å²) in [7, 11) is 3.25. The second kappa shape index (κ2) is 3.96. The molecule has 0 unspecified atom stereocenters. The van der Waals surface area contributed by atoms with Gasteiger partial charge in [0.25, 0.3) is 0 Å². The van der Waals surface area contributed by atoms with E-state index in [1.807, 2.05) is 0 Å². The van der Waals surface area contributed by atoms with Crippen molar-refractivity contribution in [2.45, 2.75) is 12.0 Å². The number of nitrogens with zero attached hydrogens (tertiary/aromatic N) is 1. The number of quaternary nitrogens is 1. The number of ether oxygens (including phenoxy) is 1. The Labute approximate surface area is 90.8 Å². The molecule has 0 aromatic heterocycles. The second-order valence-corrected chi connectivity index (χ2v) is 3.95. The van der Waals surface area contributed by atoms with Gasteiger partial charge < -0.3 is 31.3 Å². The van der Waals surface area contributed by atoms with E-state index in [0.717, 1.165) is 0 Å². The molecule has 0 spiro atoms. The summed E-state index contributed by atoms with van der Waals surface area (Å²) in [6.45, 7) is -0.0715. The second-order valence-electron chi connectivity index (χ2n) is 3.95. The number of hydrogen-bond donors (Lipinski definition) is 1. The molecular weight excluding hydrogens is 267 g/mol. The van der Waals surface area contributed by atoms with Crippen LogP contribution >= 0.6 is 0 Å². The molecule has 1 heterocycles. The van der Waals surface area contributed by atoms with E-state index in [-0.39, 0.29) is 28.1 Å². The summed E-state index contributed by atoms with van der Waals surface area (Å²) in [5, 5.41) is 9.18. The Balaban J connectivity index is 0.00000169. The highest BCUT2D eigenvalue weighted by Gasteiger charge is 2.60. The lowest BCUT2D eigenvalue weighted by Crippen LogP contribution is -3.00. The molecule has 1 N–H and O–H groups in total. The van der Waals surface area contributed by atoms with Crippen LogP contribution in [0.15, 0.2) is 0 Å². The summed E-state index contributed by atoms with van der Waals surface area (Å²) in [6, 6.07) is 0. The van der Waals surface area contributed by atoms with Gasteiger partial charge in [0.1, 0.15) is 13.1 Å². The van der Waals surface area contributed by atoms with Crippen molar-refractivity contribution in [3.63, 3.8) is 0 Å². The molecule has 0 aliphatic carbocycles. The lowest BCUT2D eigenvalue weighted by molar-refractivity contribution is -0.914. The van der Waals surface area contributed by atoms with Gasteiger partial charge in [-0.3, -0.25) is 0 Å². The number of likely N-dealkylation sites (N-methyl/N-ethyl adjacent to an activating group) is 1. The predicted octanol–water partition coefficient (Wildman–Crippen LogP) is -2.65. The first-order valence-corrected chi connectivity index (χ1v) is 3.91. The zero-order valence-electron chi connectivity index (χ0n) is 7.94. The maximum atomic E-state index is 12.3. The Bertz CT molecular complexity index is 210. The topological polar surface area (TPSA) is 29.5 Å². The first kappa shape index (κ1) is 14.2. The van der Waals surface area contributed by atoms with Crippen LogP contribution in [0.1, 0.15) is 0 Å². The van der Waals surface area contributed by atoms with Gasteiger partial charge in [-0.15, -0.1) is 0 Å². The van der Waals surface area contributed by atoms with Crippen molar-refractivity contribution in [1.29, 1.82) is 0 Å². The van der Waals surface area contributed by atoms with Crippen LogP contribution in [0.2, 0.25) is 0 Å². The molecule has 0 bridgehead atoms. The molecule has 0 aromatic rings. The average Bonchev–Trinajstić information content (AvgIpc) is 1.80. The van der Waals surface area contributed by atoms with E-state index < -0.39 is 18.5 Å². The Kier molecular flexibility index (Phi) is 4.00. The molecule has 1 fully saturated rings. The fraction of sp³-hybridized carbons (Fsp3) is 1.00. The summed E-state index contributed by atoms with van der Waals surface area (Å²) in [6.07, 6.45) is -4.72. The van der Waals surface area contributed by atoms with Crippen LogP contribution in [0, 0.1) is 0 Å². The molecule has 14 heavy (non-hydrogen) atoms. The minimum absolute atomic E-state index is 0. The fourth-order valence-electron chi connectivity index (χ4n) is 1.34. The number of morpholine rings is 1. The Morgan fingerprint density at radius 3 is 2.14 bits per heavy atom. The van der Waals surface area contributed by atoms with Crippen molar-refractivity contribution in [3.8, 4) is 0 Å². The van der Waals surface area contributed by atoms with Crippen LogP contribution in [-0.2, 0) is 4.74 Å². The summed E-state index contributed by atoms with van der Waals surface area (Å²) >= 11 is 0. The average molecular weight is 280 g/mol. The molecule has 1 aliphatic heterocycles. The van der Waals surface area contributed by atoms with Crippen LogP contribution in [0.3, 0.4) is 0 Å². The number of rotatable bonds is 0. The van der Waals surface area contributed by atoms with E-state index >= 15 is 0 Å². The largest absolute Gasteiger partial charge is 1.00 e. The maximum absolute atomic E-state index is 12.3. The van der Waals surface area contributed by atoms with E-state index in [2.05, 4.69) is 4.74 Å². The quantitative estimate of drug-likeness (QED) is 0.491. The summed E-state index contributed by atoms with van der Waals surface area (Å²) < 4.78 is 41.3. The van der Waals surface area contributed by atoms with E-state index in [1.165, 1.54) is 0 Å². The predicted molar refractivity (Wildman–Crippen MR) is 38.8 cm³/mol. The number of halogens is 4. The third-order valence-electron chi connectivity index (χ3n) is 2.12. The van der Waals surface area contributed by atoms with Gasteiger partial charge >= 0.3 is 12.0 Å². The van der Waals surface area contributed by atoms with E-state index in [1.54, 1.807) is 14.1 Å². The molecule has 1 atom stereocenters. The molecule has 1 saturated heterocycles. The lowest BCUT2D eigenvalue weighted by Gasteiger charge is -2.42. The molecule has 1 aliphatic rings. The van der Waals surface area contributed by atoms with Gasteiger partial charge in [0.15, 0.2) is 0 Å². The number of aliphatic hydroxyl groups is 1. The SMILES string of the molecule is C[N+]1(C)CCO[C@@](O)(C(F)(F)F)C1.[Br-]. The van der Waals surface area contributed by atoms with Crippen LogP contribution in [-0.4, -0.2) is 55.3 Å². The van der Waals surface area contributed by atoms with Crippen molar-refractivity contribution in [2.75, 3.05) is 33.8 Å². The third-order valence-corrected chi connectivity index (χ3v) is 2.12. The van der Waals surface area contributed by atoms with Crippen LogP contribution < -0.4 is 17.0 Å². The Morgan fingerprint density at radius 1 is 1.36 bits per heavy atom. The maximum Gasteiger partial charge on any atom is 0.449 e. The highest BCUT2D eigenvalue weighted by molar-refractivity contribution is 4.78. The first-order valence-electron chi connectivity index (χ1n) is 3.91. The molecule has 0 amide bonds. The minimum atomic E-state index is -4.72. The Morgan fingerprint density at radius 2 is 1.86 bits per heavy atom. The summed E-state index contributed by atoms with van der Waals surface area (Å²) in [5.74, 6) is -2.98. The lowest BCUT2D eigenvalue weighted by atomic mass is 10.2. The Hall–Kier alpha value is 0.150. The first-order chi connectivity index (χ1) is 5.66. The van der Waals surface area contributed by atoms with E-state index in [0.29, 0.717) is 6.54 Å². The summed E-state index contributed by atoms with van der Waals surface area (Å²) in [5.41, 5.74) is 0. The van der Waals surface area contributed by atoms with E-state index in [9.17, 15) is 18.3 Å². The van der Waals surface area contributed by atoms with Crippen molar-refractivity contribution < 1.29 is 44.5 Å². The molecule has 0 saturated carbocycles. The molecular formula is C7H13BrF3NO2. The molecule has 0 radical (unpaired) electrons. The van der Waals surface area contributed by atoms with E-state index in [4.69, 9.17) is 0 Å². The number of hydrogen-bond acceptors (Lipinski definition) is 2. The zero-order valence-corrected chi connectivity index (χ0v) is 9.52. The van der Waals surface area contributed by atoms with Crippen LogP contribution in [0.4, 0.5) is 13.2 Å². The van der Waals surface area contributed by atoms with Crippen molar-refractivity contribution in [1.82, 2.24) is 0 Å². The summed E-state index contributed by atoms with van der Waals surface area (Å²) in [4.78, 5) is 0. The van der Waals surface area contributed by atoms with Gasteiger partial charge in [0.05, 0.1) is 20.7 Å². The van der Waals surface area contributed by atoms with Gasteiger partial charge in [-0.1, -0.05) is 0 Å². The smallest absolute Gasteiger partial charge is 0.449 e. The molecule has 7 heteroatoms. The molecule has 1 rings (SSSR count). The fourth-order valence-corrected chi connectivity index (χ4v) is 1.34. The standard InChI is InChI=1S/C7H13F3NO2.BrH/c1-11(2)3-4-13-6(12,5-11)7(8,9)10;/h12H,3-5H2,1-2H3;1H/q+1;/p-1/t6-;/m1./s1. The van der Waals surface area contributed by atoms with Gasteiger partial charge in [0.2, 0.25) is 0 Å². The third kappa shape index (κ3) is 2.82. The van der Waals surface area contributed by atoms with Crippen molar-refractivity contribution in [2.24, 2.45) is 0 Å². The van der Waals surface area contributed by atoms with Crippen molar-refractivity contribution >= 4 is 0 Å². The van der Waals surface area contributed by atoms with Crippen LogP contribution in [0.5, 0.6) is 0 Å². The normalized spacial score (nSPS) is 32.1. The highest BCUT2D eigenvalue weighted by atomic mass is 79.9. The molecule has 0 aromatic carbocycles. The molecule has 86 valence electrons. The van der Waals surface area contributed by atoms with Gasteiger partial charge in [-0.05, 0) is 0 Å². The number of alkyl halides is 3. The van der Waals surface area contributed by atoms with Gasteiger partial charge in [-0.25, -0.2) is 0 Å². The monoisotopic (exact) mass is 279 g/mol. The van der Waals surface area contributed by atoms with Gasteiger partial charge in [-0.2, -0.15) is 13.2 Å².